The van der Waals surface area contributed by atoms with Gasteiger partial charge in [0.2, 0.25) is 0 Å². The van der Waals surface area contributed by atoms with Crippen molar-refractivity contribution in [1.29, 1.82) is 0 Å². The third-order valence-electron chi connectivity index (χ3n) is 3.30. The number of nitrogens with two attached hydrogens (primary N) is 1. The number of fused-ring (bicyclic) bond motifs is 1. The molecule has 2 N–H and O–H groups in total. The number of halogens is 1. The van der Waals surface area contributed by atoms with E-state index < -0.39 is 0 Å². The molecule has 0 aliphatic carbocycles. The van der Waals surface area contributed by atoms with Gasteiger partial charge in [-0.25, -0.2) is 4.98 Å². The second-order valence-electron chi connectivity index (χ2n) is 4.62. The van der Waals surface area contributed by atoms with Crippen molar-refractivity contribution in [3.05, 3.63) is 28.6 Å². The highest BCUT2D eigenvalue weighted by molar-refractivity contribution is 9.10. The fourth-order valence-electron chi connectivity index (χ4n) is 2.25. The molecule has 2 heterocycles. The Morgan fingerprint density at radius 2 is 2.05 bits per heavy atom. The molecule has 0 radical (unpaired) electrons. The van der Waals surface area contributed by atoms with Crippen LogP contribution in [-0.2, 0) is 13.5 Å². The molecule has 5 nitrogen and oxygen atoms in total. The molecule has 0 saturated carbocycles. The van der Waals surface area contributed by atoms with Crippen molar-refractivity contribution < 1.29 is 9.47 Å². The maximum absolute atomic E-state index is 5.62. The molecule has 0 amide bonds. The number of aromatic nitrogens is 2. The summed E-state index contributed by atoms with van der Waals surface area (Å²) >= 11 is 3.59. The van der Waals surface area contributed by atoms with Gasteiger partial charge >= 0.3 is 0 Å². The third kappa shape index (κ3) is 2.29. The third-order valence-corrected chi connectivity index (χ3v) is 4.21. The molecular formula is C14H16BrN3O2. The Hall–Kier alpha value is -1.53. The van der Waals surface area contributed by atoms with Crippen LogP contribution in [0.5, 0.6) is 11.5 Å². The van der Waals surface area contributed by atoms with E-state index in [1.807, 2.05) is 29.8 Å². The van der Waals surface area contributed by atoms with E-state index in [0.717, 1.165) is 39.6 Å². The Morgan fingerprint density at radius 1 is 1.30 bits per heavy atom. The quantitative estimate of drug-likeness (QED) is 0.931. The Kier molecular flexibility index (Phi) is 3.67. The van der Waals surface area contributed by atoms with Gasteiger partial charge in [-0.3, -0.25) is 0 Å². The number of benzene rings is 1. The van der Waals surface area contributed by atoms with Gasteiger partial charge in [-0.15, -0.1) is 0 Å². The second-order valence-corrected chi connectivity index (χ2v) is 5.37. The van der Waals surface area contributed by atoms with Crippen LogP contribution in [0.2, 0.25) is 0 Å². The maximum Gasteiger partial charge on any atom is 0.162 e. The number of hydrogen-bond acceptors (Lipinski definition) is 4. The Labute approximate surface area is 125 Å². The van der Waals surface area contributed by atoms with Crippen molar-refractivity contribution in [1.82, 2.24) is 9.55 Å². The highest BCUT2D eigenvalue weighted by Crippen LogP contribution is 2.36. The minimum Gasteiger partial charge on any atom is -0.486 e. The average molecular weight is 338 g/mol. The first-order chi connectivity index (χ1) is 9.70. The monoisotopic (exact) mass is 337 g/mol. The molecule has 0 fully saturated rings. The van der Waals surface area contributed by atoms with E-state index in [-0.39, 0.29) is 0 Å². The van der Waals surface area contributed by atoms with Crippen LogP contribution in [0.1, 0.15) is 5.82 Å². The van der Waals surface area contributed by atoms with Crippen LogP contribution in [-0.4, -0.2) is 29.3 Å². The fraction of sp³-hybridized carbons (Fsp3) is 0.357. The van der Waals surface area contributed by atoms with Gasteiger partial charge in [0.1, 0.15) is 29.3 Å². The minimum absolute atomic E-state index is 0.581. The summed E-state index contributed by atoms with van der Waals surface area (Å²) in [6.07, 6.45) is 0.750. The molecule has 6 heteroatoms. The molecule has 0 unspecified atom stereocenters. The summed E-state index contributed by atoms with van der Waals surface area (Å²) in [6.45, 7) is 1.76. The largest absolute Gasteiger partial charge is 0.486 e. The summed E-state index contributed by atoms with van der Waals surface area (Å²) < 4.78 is 14.1. The lowest BCUT2D eigenvalue weighted by atomic mass is 10.1. The molecular weight excluding hydrogens is 322 g/mol. The van der Waals surface area contributed by atoms with Crippen LogP contribution in [0.4, 0.5) is 0 Å². The van der Waals surface area contributed by atoms with Crippen molar-refractivity contribution in [2.75, 3.05) is 19.8 Å². The zero-order chi connectivity index (χ0) is 14.1. The fourth-order valence-corrected chi connectivity index (χ4v) is 2.77. The Bertz CT molecular complexity index is 640. The number of ether oxygens (including phenoxy) is 2. The van der Waals surface area contributed by atoms with E-state index >= 15 is 0 Å². The number of hydrogen-bond donors (Lipinski definition) is 1. The molecule has 1 aromatic heterocycles. The van der Waals surface area contributed by atoms with Gasteiger partial charge in [0.25, 0.3) is 0 Å². The molecule has 3 rings (SSSR count). The van der Waals surface area contributed by atoms with Gasteiger partial charge in [0.15, 0.2) is 11.5 Å². The number of nitrogens with zero attached hydrogens (tertiary/aromatic N) is 2. The van der Waals surface area contributed by atoms with Crippen molar-refractivity contribution >= 4 is 15.9 Å². The summed E-state index contributed by atoms with van der Waals surface area (Å²) in [5.41, 5.74) is 7.51. The summed E-state index contributed by atoms with van der Waals surface area (Å²) in [6, 6.07) is 5.88. The highest BCUT2D eigenvalue weighted by atomic mass is 79.9. The van der Waals surface area contributed by atoms with E-state index in [9.17, 15) is 0 Å². The van der Waals surface area contributed by atoms with Gasteiger partial charge in [0, 0.05) is 19.0 Å². The van der Waals surface area contributed by atoms with Crippen molar-refractivity contribution in [2.24, 2.45) is 12.8 Å². The lowest BCUT2D eigenvalue weighted by molar-refractivity contribution is 0.171. The van der Waals surface area contributed by atoms with Crippen molar-refractivity contribution in [2.45, 2.75) is 6.42 Å². The van der Waals surface area contributed by atoms with E-state index in [2.05, 4.69) is 20.9 Å². The van der Waals surface area contributed by atoms with Crippen LogP contribution in [0.15, 0.2) is 22.8 Å². The number of imidazole rings is 1. The highest BCUT2D eigenvalue weighted by Gasteiger charge is 2.17. The van der Waals surface area contributed by atoms with Crippen LogP contribution in [0.25, 0.3) is 11.3 Å². The molecule has 1 aromatic carbocycles. The topological polar surface area (TPSA) is 62.3 Å². The van der Waals surface area contributed by atoms with Crippen LogP contribution in [0.3, 0.4) is 0 Å². The molecule has 0 bridgehead atoms. The van der Waals surface area contributed by atoms with Crippen LogP contribution < -0.4 is 15.2 Å². The molecule has 1 aliphatic heterocycles. The molecule has 0 atom stereocenters. The van der Waals surface area contributed by atoms with Crippen LogP contribution in [0, 0.1) is 0 Å². The first-order valence-corrected chi connectivity index (χ1v) is 7.31. The molecule has 106 valence electrons. The van der Waals surface area contributed by atoms with Crippen molar-refractivity contribution in [3.63, 3.8) is 0 Å². The van der Waals surface area contributed by atoms with E-state index in [4.69, 9.17) is 15.2 Å². The van der Waals surface area contributed by atoms with Gasteiger partial charge in [0.05, 0.1) is 0 Å². The molecule has 0 spiro atoms. The zero-order valence-electron chi connectivity index (χ0n) is 11.2. The van der Waals surface area contributed by atoms with Crippen LogP contribution >= 0.6 is 15.9 Å². The first kappa shape index (κ1) is 13.5. The number of rotatable bonds is 3. The Balaban J connectivity index is 2.02. The summed E-state index contributed by atoms with van der Waals surface area (Å²) in [4.78, 5) is 4.66. The standard InChI is InChI=1S/C14H16BrN3O2/c1-18-12(4-5-16)17-13(14(18)15)9-2-3-10-11(8-9)20-7-6-19-10/h2-3,8H,4-7,16H2,1H3. The van der Waals surface area contributed by atoms with Gasteiger partial charge in [-0.2, -0.15) is 0 Å². The summed E-state index contributed by atoms with van der Waals surface area (Å²) in [7, 11) is 1.98. The normalized spacial score (nSPS) is 13.6. The lowest BCUT2D eigenvalue weighted by Gasteiger charge is -2.18. The van der Waals surface area contributed by atoms with Gasteiger partial charge < -0.3 is 19.8 Å². The van der Waals surface area contributed by atoms with E-state index in [1.165, 1.54) is 0 Å². The molecule has 1 aliphatic rings. The Morgan fingerprint density at radius 3 is 2.80 bits per heavy atom. The lowest BCUT2D eigenvalue weighted by Crippen LogP contribution is -2.15. The molecule has 2 aromatic rings. The van der Waals surface area contributed by atoms with Crippen molar-refractivity contribution in [3.8, 4) is 22.8 Å². The first-order valence-electron chi connectivity index (χ1n) is 6.52. The average Bonchev–Trinajstić information content (AvgIpc) is 2.76. The second kappa shape index (κ2) is 5.46. The van der Waals surface area contributed by atoms with Gasteiger partial charge in [-0.1, -0.05) is 0 Å². The SMILES string of the molecule is Cn1c(CCN)nc(-c2ccc3c(c2)OCCO3)c1Br. The summed E-state index contributed by atoms with van der Waals surface area (Å²) in [5.74, 6) is 2.52. The maximum atomic E-state index is 5.62. The predicted molar refractivity (Wildman–Crippen MR) is 80.1 cm³/mol. The van der Waals surface area contributed by atoms with E-state index in [0.29, 0.717) is 19.8 Å². The van der Waals surface area contributed by atoms with Gasteiger partial charge in [-0.05, 0) is 40.7 Å². The van der Waals surface area contributed by atoms with E-state index in [1.54, 1.807) is 0 Å². The molecule has 20 heavy (non-hydrogen) atoms. The predicted octanol–water partition coefficient (Wildman–Crippen LogP) is 2.12. The zero-order valence-corrected chi connectivity index (χ0v) is 12.8. The summed E-state index contributed by atoms with van der Waals surface area (Å²) in [5, 5.41) is 0. The smallest absolute Gasteiger partial charge is 0.162 e. The minimum atomic E-state index is 0.581. The molecule has 0 saturated heterocycles.